The summed E-state index contributed by atoms with van der Waals surface area (Å²) in [7, 11) is 0. The fourth-order valence-corrected chi connectivity index (χ4v) is 3.37. The molecule has 2 saturated heterocycles. The molecule has 2 fully saturated rings. The van der Waals surface area contributed by atoms with Crippen molar-refractivity contribution in [3.8, 4) is 0 Å². The number of piperidine rings is 1. The average molecular weight is 277 g/mol. The Bertz CT molecular complexity index is 500. The highest BCUT2D eigenvalue weighted by Gasteiger charge is 2.32. The highest BCUT2D eigenvalue weighted by molar-refractivity contribution is 5.95. The molecular formula is C15H20FN3O. The smallest absolute Gasteiger partial charge is 0.251 e. The summed E-state index contributed by atoms with van der Waals surface area (Å²) >= 11 is 0. The maximum absolute atomic E-state index is 13.3. The number of benzene rings is 1. The van der Waals surface area contributed by atoms with E-state index in [-0.39, 0.29) is 17.6 Å². The van der Waals surface area contributed by atoms with Crippen LogP contribution in [-0.4, -0.2) is 36.0 Å². The fourth-order valence-electron chi connectivity index (χ4n) is 3.37. The maximum atomic E-state index is 13.3. The van der Waals surface area contributed by atoms with Gasteiger partial charge < -0.3 is 16.0 Å². The summed E-state index contributed by atoms with van der Waals surface area (Å²) < 4.78 is 13.3. The van der Waals surface area contributed by atoms with Gasteiger partial charge in [0.15, 0.2) is 0 Å². The van der Waals surface area contributed by atoms with E-state index in [1.807, 2.05) is 0 Å². The van der Waals surface area contributed by atoms with Crippen molar-refractivity contribution in [2.45, 2.75) is 37.8 Å². The predicted octanol–water partition coefficient (Wildman–Crippen LogP) is 1.76. The second-order valence-electron chi connectivity index (χ2n) is 5.80. The van der Waals surface area contributed by atoms with E-state index in [2.05, 4.69) is 10.2 Å². The SMILES string of the molecule is Nc1cc(F)cc(C(=O)NC2CCN3CCCC3C2)c1. The standard InChI is InChI=1S/C15H20FN3O/c16-11-6-10(7-12(17)8-11)15(20)18-13-3-5-19-4-1-2-14(19)9-13/h6-8,13-14H,1-5,9,17H2,(H,18,20). The molecule has 0 aromatic heterocycles. The minimum atomic E-state index is -0.472. The van der Waals surface area contributed by atoms with Crippen LogP contribution in [0.4, 0.5) is 10.1 Å². The number of nitrogens with one attached hydrogen (secondary N) is 1. The molecule has 1 aromatic rings. The molecule has 2 heterocycles. The van der Waals surface area contributed by atoms with Gasteiger partial charge in [0, 0.05) is 29.9 Å². The van der Waals surface area contributed by atoms with Gasteiger partial charge in [0.05, 0.1) is 0 Å². The third-order valence-corrected chi connectivity index (χ3v) is 4.34. The number of carbonyl (C=O) groups is 1. The Morgan fingerprint density at radius 3 is 2.95 bits per heavy atom. The van der Waals surface area contributed by atoms with Gasteiger partial charge >= 0.3 is 0 Å². The van der Waals surface area contributed by atoms with Crippen molar-refractivity contribution in [1.82, 2.24) is 10.2 Å². The van der Waals surface area contributed by atoms with Crippen molar-refractivity contribution in [3.05, 3.63) is 29.6 Å². The summed E-state index contributed by atoms with van der Waals surface area (Å²) in [6, 6.07) is 4.76. The van der Waals surface area contributed by atoms with Crippen molar-refractivity contribution in [3.63, 3.8) is 0 Å². The van der Waals surface area contributed by atoms with Crippen LogP contribution in [0.1, 0.15) is 36.0 Å². The number of nitrogens with two attached hydrogens (primary N) is 1. The molecule has 0 bridgehead atoms. The minimum absolute atomic E-state index is 0.186. The van der Waals surface area contributed by atoms with Gasteiger partial charge in [-0.1, -0.05) is 0 Å². The molecule has 4 nitrogen and oxygen atoms in total. The number of hydrogen-bond donors (Lipinski definition) is 2. The molecule has 0 aliphatic carbocycles. The molecule has 0 spiro atoms. The van der Waals surface area contributed by atoms with Gasteiger partial charge in [0.2, 0.25) is 0 Å². The first-order chi connectivity index (χ1) is 9.61. The van der Waals surface area contributed by atoms with Crippen LogP contribution in [0, 0.1) is 5.82 Å². The van der Waals surface area contributed by atoms with Gasteiger partial charge in [0.25, 0.3) is 5.91 Å². The Hall–Kier alpha value is -1.62. The molecule has 2 unspecified atom stereocenters. The van der Waals surface area contributed by atoms with E-state index in [1.165, 1.54) is 37.6 Å². The molecule has 3 rings (SSSR count). The molecule has 3 N–H and O–H groups in total. The normalized spacial score (nSPS) is 26.2. The van der Waals surface area contributed by atoms with Crippen LogP contribution < -0.4 is 11.1 Å². The van der Waals surface area contributed by atoms with E-state index in [9.17, 15) is 9.18 Å². The Morgan fingerprint density at radius 1 is 1.30 bits per heavy atom. The molecule has 1 aromatic carbocycles. The van der Waals surface area contributed by atoms with E-state index in [4.69, 9.17) is 5.73 Å². The van der Waals surface area contributed by atoms with Crippen LogP contribution in [0.15, 0.2) is 18.2 Å². The number of hydrogen-bond acceptors (Lipinski definition) is 3. The monoisotopic (exact) mass is 277 g/mol. The molecular weight excluding hydrogens is 257 g/mol. The number of rotatable bonds is 2. The molecule has 20 heavy (non-hydrogen) atoms. The zero-order chi connectivity index (χ0) is 14.1. The second-order valence-corrected chi connectivity index (χ2v) is 5.80. The maximum Gasteiger partial charge on any atom is 0.251 e. The number of nitrogen functional groups attached to an aromatic ring is 1. The number of nitrogens with zero attached hydrogens (tertiary/aromatic N) is 1. The van der Waals surface area contributed by atoms with Crippen molar-refractivity contribution in [2.75, 3.05) is 18.8 Å². The number of anilines is 1. The van der Waals surface area contributed by atoms with Gasteiger partial charge in [0.1, 0.15) is 5.82 Å². The first-order valence-corrected chi connectivity index (χ1v) is 7.23. The van der Waals surface area contributed by atoms with Crippen LogP contribution in [0.2, 0.25) is 0 Å². The minimum Gasteiger partial charge on any atom is -0.399 e. The van der Waals surface area contributed by atoms with Crippen LogP contribution in [0.3, 0.4) is 0 Å². The van der Waals surface area contributed by atoms with Crippen molar-refractivity contribution in [1.29, 1.82) is 0 Å². The third-order valence-electron chi connectivity index (χ3n) is 4.34. The van der Waals surface area contributed by atoms with Crippen molar-refractivity contribution in [2.24, 2.45) is 0 Å². The zero-order valence-corrected chi connectivity index (χ0v) is 11.4. The molecule has 2 aliphatic heterocycles. The van der Waals surface area contributed by atoms with Crippen LogP contribution in [0.5, 0.6) is 0 Å². The molecule has 2 aliphatic rings. The predicted molar refractivity (Wildman–Crippen MR) is 75.9 cm³/mol. The quantitative estimate of drug-likeness (QED) is 0.810. The molecule has 1 amide bonds. The highest BCUT2D eigenvalue weighted by atomic mass is 19.1. The molecule has 2 atom stereocenters. The van der Waals surface area contributed by atoms with Crippen LogP contribution in [0.25, 0.3) is 0 Å². The van der Waals surface area contributed by atoms with Gasteiger partial charge in [-0.3, -0.25) is 4.79 Å². The molecule has 5 heteroatoms. The van der Waals surface area contributed by atoms with E-state index in [1.54, 1.807) is 0 Å². The Kier molecular flexibility index (Phi) is 3.61. The Morgan fingerprint density at radius 2 is 2.15 bits per heavy atom. The number of halogens is 1. The second kappa shape index (κ2) is 5.40. The first kappa shape index (κ1) is 13.4. The third kappa shape index (κ3) is 2.77. The molecule has 108 valence electrons. The summed E-state index contributed by atoms with van der Waals surface area (Å²) in [4.78, 5) is 14.7. The lowest BCUT2D eigenvalue weighted by Gasteiger charge is -2.35. The lowest BCUT2D eigenvalue weighted by Crippen LogP contribution is -2.47. The van der Waals surface area contributed by atoms with Gasteiger partial charge in [-0.15, -0.1) is 0 Å². The fraction of sp³-hybridized carbons (Fsp3) is 0.533. The summed E-state index contributed by atoms with van der Waals surface area (Å²) in [5, 5.41) is 3.01. The van der Waals surface area contributed by atoms with Crippen molar-refractivity contribution >= 4 is 11.6 Å². The summed E-state index contributed by atoms with van der Waals surface area (Å²) in [5.41, 5.74) is 6.15. The van der Waals surface area contributed by atoms with Crippen molar-refractivity contribution < 1.29 is 9.18 Å². The number of carbonyl (C=O) groups excluding carboxylic acids is 1. The van der Waals surface area contributed by atoms with E-state index >= 15 is 0 Å². The largest absolute Gasteiger partial charge is 0.399 e. The van der Waals surface area contributed by atoms with Gasteiger partial charge in [-0.05, 0) is 50.4 Å². The summed E-state index contributed by atoms with van der Waals surface area (Å²) in [6.07, 6.45) is 4.44. The summed E-state index contributed by atoms with van der Waals surface area (Å²) in [6.45, 7) is 2.23. The first-order valence-electron chi connectivity index (χ1n) is 7.23. The highest BCUT2D eigenvalue weighted by Crippen LogP contribution is 2.27. The Labute approximate surface area is 118 Å². The summed E-state index contributed by atoms with van der Waals surface area (Å²) in [5.74, 6) is -0.701. The van der Waals surface area contributed by atoms with Gasteiger partial charge in [-0.25, -0.2) is 4.39 Å². The molecule has 0 radical (unpaired) electrons. The topological polar surface area (TPSA) is 58.4 Å². The lowest BCUT2D eigenvalue weighted by molar-refractivity contribution is 0.0896. The molecule has 0 saturated carbocycles. The zero-order valence-electron chi connectivity index (χ0n) is 11.4. The van der Waals surface area contributed by atoms with Crippen LogP contribution >= 0.6 is 0 Å². The van der Waals surface area contributed by atoms with Gasteiger partial charge in [-0.2, -0.15) is 0 Å². The van der Waals surface area contributed by atoms with E-state index < -0.39 is 5.82 Å². The number of fused-ring (bicyclic) bond motifs is 1. The number of amides is 1. The lowest BCUT2D eigenvalue weighted by atomic mass is 9.97. The Balaban J connectivity index is 1.64. The average Bonchev–Trinajstić information content (AvgIpc) is 2.85. The van der Waals surface area contributed by atoms with Crippen LogP contribution in [-0.2, 0) is 0 Å². The van der Waals surface area contributed by atoms with E-state index in [0.29, 0.717) is 11.6 Å². The van der Waals surface area contributed by atoms with E-state index in [0.717, 1.165) is 19.4 Å².